The van der Waals surface area contributed by atoms with Crippen LogP contribution in [0.3, 0.4) is 0 Å². The summed E-state index contributed by atoms with van der Waals surface area (Å²) in [5, 5.41) is 2.92. The van der Waals surface area contributed by atoms with Crippen LogP contribution in [0.4, 0.5) is 16.2 Å². The highest BCUT2D eigenvalue weighted by Crippen LogP contribution is 2.34. The summed E-state index contributed by atoms with van der Waals surface area (Å²) in [6, 6.07) is 11.1. The number of urea groups is 1. The molecule has 0 spiro atoms. The van der Waals surface area contributed by atoms with Gasteiger partial charge in [-0.15, -0.1) is 0 Å². The maximum Gasteiger partial charge on any atom is 0.322 e. The van der Waals surface area contributed by atoms with Gasteiger partial charge in [-0.25, -0.2) is 4.79 Å². The highest BCUT2D eigenvalue weighted by atomic mass is 16.5. The first-order chi connectivity index (χ1) is 13.0. The number of anilines is 2. The van der Waals surface area contributed by atoms with Gasteiger partial charge in [0.05, 0.1) is 12.8 Å². The molecule has 7 heteroatoms. The van der Waals surface area contributed by atoms with Crippen molar-refractivity contribution in [2.24, 2.45) is 0 Å². The number of fused-ring (bicyclic) bond motifs is 2. The molecular weight excluding hydrogens is 346 g/mol. The summed E-state index contributed by atoms with van der Waals surface area (Å²) in [6.07, 6.45) is 0.787. The number of ether oxygens (including phenoxy) is 2. The molecule has 1 N–H and O–H groups in total. The van der Waals surface area contributed by atoms with Gasteiger partial charge in [-0.1, -0.05) is 6.07 Å². The lowest BCUT2D eigenvalue weighted by Crippen LogP contribution is -2.39. The molecular formula is C20H21N3O4. The Morgan fingerprint density at radius 2 is 2.04 bits per heavy atom. The van der Waals surface area contributed by atoms with Gasteiger partial charge >= 0.3 is 6.03 Å². The van der Waals surface area contributed by atoms with Crippen molar-refractivity contribution in [1.29, 1.82) is 0 Å². The van der Waals surface area contributed by atoms with Gasteiger partial charge in [0, 0.05) is 25.8 Å². The number of benzene rings is 2. The maximum absolute atomic E-state index is 12.7. The number of hydrogen-bond donors (Lipinski definition) is 1. The molecule has 0 saturated carbocycles. The lowest BCUT2D eigenvalue weighted by molar-refractivity contribution is -0.120. The monoisotopic (exact) mass is 367 g/mol. The molecule has 3 amide bonds. The third-order valence-corrected chi connectivity index (χ3v) is 5.01. The zero-order valence-corrected chi connectivity index (χ0v) is 15.3. The second kappa shape index (κ2) is 6.83. The van der Waals surface area contributed by atoms with Crippen molar-refractivity contribution in [3.63, 3.8) is 0 Å². The van der Waals surface area contributed by atoms with Crippen LogP contribution in [0.25, 0.3) is 0 Å². The van der Waals surface area contributed by atoms with Crippen molar-refractivity contribution in [3.8, 4) is 11.5 Å². The summed E-state index contributed by atoms with van der Waals surface area (Å²) in [7, 11) is 3.35. The van der Waals surface area contributed by atoms with E-state index in [0.29, 0.717) is 30.2 Å². The first-order valence-electron chi connectivity index (χ1n) is 8.80. The van der Waals surface area contributed by atoms with Crippen molar-refractivity contribution in [2.45, 2.75) is 13.0 Å². The van der Waals surface area contributed by atoms with Gasteiger partial charge < -0.3 is 24.6 Å². The normalized spacial score (nSPS) is 15.6. The third kappa shape index (κ3) is 3.28. The van der Waals surface area contributed by atoms with E-state index in [1.54, 1.807) is 42.2 Å². The predicted molar refractivity (Wildman–Crippen MR) is 101 cm³/mol. The molecule has 0 fully saturated rings. The van der Waals surface area contributed by atoms with Gasteiger partial charge in [-0.05, 0) is 47.9 Å². The van der Waals surface area contributed by atoms with Crippen LogP contribution in [0, 0.1) is 0 Å². The smallest absolute Gasteiger partial charge is 0.322 e. The zero-order chi connectivity index (χ0) is 19.0. The van der Waals surface area contributed by atoms with Gasteiger partial charge in [-0.2, -0.15) is 0 Å². The minimum atomic E-state index is -0.165. The van der Waals surface area contributed by atoms with E-state index in [4.69, 9.17) is 9.47 Å². The van der Waals surface area contributed by atoms with E-state index in [0.717, 1.165) is 17.7 Å². The Morgan fingerprint density at radius 1 is 1.19 bits per heavy atom. The topological polar surface area (TPSA) is 71.1 Å². The molecule has 7 nitrogen and oxygen atoms in total. The number of rotatable bonds is 2. The number of carbonyl (C=O) groups excluding carboxylic acids is 2. The van der Waals surface area contributed by atoms with Crippen molar-refractivity contribution in [2.75, 3.05) is 37.5 Å². The van der Waals surface area contributed by atoms with E-state index in [2.05, 4.69) is 5.32 Å². The molecule has 2 aromatic rings. The number of methoxy groups -OCH3 is 1. The van der Waals surface area contributed by atoms with E-state index in [9.17, 15) is 9.59 Å². The molecule has 4 rings (SSSR count). The molecule has 2 aliphatic rings. The molecule has 2 aliphatic heterocycles. The molecule has 2 aromatic carbocycles. The van der Waals surface area contributed by atoms with E-state index in [1.165, 1.54) is 5.56 Å². The fourth-order valence-electron chi connectivity index (χ4n) is 3.38. The Bertz CT molecular complexity index is 912. The van der Waals surface area contributed by atoms with Crippen LogP contribution < -0.4 is 19.7 Å². The van der Waals surface area contributed by atoms with E-state index in [1.807, 2.05) is 18.2 Å². The third-order valence-electron chi connectivity index (χ3n) is 5.01. The average Bonchev–Trinajstić information content (AvgIpc) is 2.70. The summed E-state index contributed by atoms with van der Waals surface area (Å²) >= 11 is 0. The summed E-state index contributed by atoms with van der Waals surface area (Å²) in [5.74, 6) is 1.35. The molecule has 0 unspecified atom stereocenters. The molecule has 27 heavy (non-hydrogen) atoms. The summed E-state index contributed by atoms with van der Waals surface area (Å²) in [6.45, 7) is 1.23. The number of likely N-dealkylation sites (N-methyl/N-ethyl adjacent to an activating group) is 1. The second-order valence-electron chi connectivity index (χ2n) is 6.66. The largest absolute Gasteiger partial charge is 0.497 e. The van der Waals surface area contributed by atoms with Gasteiger partial charge in [0.15, 0.2) is 6.61 Å². The van der Waals surface area contributed by atoms with Crippen LogP contribution in [0.5, 0.6) is 11.5 Å². The van der Waals surface area contributed by atoms with Crippen molar-refractivity contribution >= 4 is 23.3 Å². The van der Waals surface area contributed by atoms with Crippen LogP contribution in [0.1, 0.15) is 11.1 Å². The standard InChI is InChI=1S/C20H21N3O4/c1-22-17-10-15(4-6-18(17)27-12-19(22)24)21-20(25)23-8-7-13-9-16(26-2)5-3-14(13)11-23/h3-6,9-10H,7-8,11-12H2,1-2H3,(H,21,25). The van der Waals surface area contributed by atoms with E-state index >= 15 is 0 Å². The van der Waals surface area contributed by atoms with Crippen LogP contribution in [-0.4, -0.2) is 44.1 Å². The molecule has 0 aliphatic carbocycles. The molecule has 0 saturated heterocycles. The predicted octanol–water partition coefficient (Wildman–Crippen LogP) is 2.64. The Kier molecular flexibility index (Phi) is 4.35. The average molecular weight is 367 g/mol. The number of amides is 3. The van der Waals surface area contributed by atoms with E-state index in [-0.39, 0.29) is 18.5 Å². The minimum Gasteiger partial charge on any atom is -0.497 e. The lowest BCUT2D eigenvalue weighted by Gasteiger charge is -2.30. The van der Waals surface area contributed by atoms with Gasteiger partial charge in [0.25, 0.3) is 5.91 Å². The first-order valence-corrected chi connectivity index (χ1v) is 8.80. The summed E-state index contributed by atoms with van der Waals surface area (Å²) in [5.41, 5.74) is 3.62. The maximum atomic E-state index is 12.7. The van der Waals surface area contributed by atoms with Crippen molar-refractivity contribution in [1.82, 2.24) is 4.90 Å². The fourth-order valence-corrected chi connectivity index (χ4v) is 3.38. The lowest BCUT2D eigenvalue weighted by atomic mass is 10.00. The highest BCUT2D eigenvalue weighted by molar-refractivity contribution is 5.99. The van der Waals surface area contributed by atoms with Gasteiger partial charge in [0.1, 0.15) is 11.5 Å². The molecule has 0 atom stereocenters. The zero-order valence-electron chi connectivity index (χ0n) is 15.3. The number of carbonyl (C=O) groups is 2. The molecule has 0 bridgehead atoms. The fraction of sp³-hybridized carbons (Fsp3) is 0.300. The van der Waals surface area contributed by atoms with Crippen LogP contribution in [0.15, 0.2) is 36.4 Å². The van der Waals surface area contributed by atoms with E-state index < -0.39 is 0 Å². The summed E-state index contributed by atoms with van der Waals surface area (Å²) < 4.78 is 10.7. The molecule has 0 aromatic heterocycles. The number of nitrogens with one attached hydrogen (secondary N) is 1. The Hall–Kier alpha value is -3.22. The quantitative estimate of drug-likeness (QED) is 0.886. The summed E-state index contributed by atoms with van der Waals surface area (Å²) in [4.78, 5) is 27.8. The Morgan fingerprint density at radius 3 is 2.85 bits per heavy atom. The molecule has 0 radical (unpaired) electrons. The van der Waals surface area contributed by atoms with Gasteiger partial charge in [0.2, 0.25) is 0 Å². The van der Waals surface area contributed by atoms with Crippen molar-refractivity contribution in [3.05, 3.63) is 47.5 Å². The number of nitrogens with zero attached hydrogens (tertiary/aromatic N) is 2. The second-order valence-corrected chi connectivity index (χ2v) is 6.66. The van der Waals surface area contributed by atoms with Crippen LogP contribution in [0.2, 0.25) is 0 Å². The Balaban J connectivity index is 1.47. The minimum absolute atomic E-state index is 0.0349. The molecule has 2 heterocycles. The number of hydrogen-bond acceptors (Lipinski definition) is 4. The van der Waals surface area contributed by atoms with Crippen LogP contribution in [-0.2, 0) is 17.8 Å². The van der Waals surface area contributed by atoms with Gasteiger partial charge in [-0.3, -0.25) is 4.79 Å². The Labute approximate surface area is 157 Å². The van der Waals surface area contributed by atoms with Crippen molar-refractivity contribution < 1.29 is 19.1 Å². The SMILES string of the molecule is COc1ccc2c(c1)CCN(C(=O)Nc1ccc3c(c1)N(C)C(=O)CO3)C2. The first kappa shape index (κ1) is 17.2. The van der Waals surface area contributed by atoms with Crippen LogP contribution >= 0.6 is 0 Å². The highest BCUT2D eigenvalue weighted by Gasteiger charge is 2.24. The molecule has 140 valence electrons.